The van der Waals surface area contributed by atoms with E-state index in [1.807, 2.05) is 11.8 Å². The van der Waals surface area contributed by atoms with E-state index in [1.54, 1.807) is 0 Å². The molecule has 0 saturated carbocycles. The maximum atomic E-state index is 5.44. The molecule has 0 atom stereocenters. The molecule has 0 aromatic heterocycles. The minimum absolute atomic E-state index is 0.830. The summed E-state index contributed by atoms with van der Waals surface area (Å²) in [4.78, 5) is 2.40. The lowest BCUT2D eigenvalue weighted by molar-refractivity contribution is 0.282. The maximum Gasteiger partial charge on any atom is 0.00718 e. The van der Waals surface area contributed by atoms with Crippen LogP contribution in [0.3, 0.4) is 0 Å². The van der Waals surface area contributed by atoms with Gasteiger partial charge in [-0.05, 0) is 33.0 Å². The Morgan fingerprint density at radius 1 is 1.45 bits per heavy atom. The summed E-state index contributed by atoms with van der Waals surface area (Å²) in [6.07, 6.45) is 2.70. The van der Waals surface area contributed by atoms with E-state index in [1.165, 1.54) is 25.9 Å². The van der Waals surface area contributed by atoms with Crippen molar-refractivity contribution in [2.75, 3.05) is 32.4 Å². The summed E-state index contributed by atoms with van der Waals surface area (Å²) in [7, 11) is 2.20. The van der Waals surface area contributed by atoms with E-state index in [9.17, 15) is 0 Å². The molecule has 0 amide bonds. The second-order valence-corrected chi connectivity index (χ2v) is 4.57. The van der Waals surface area contributed by atoms with E-state index in [0.29, 0.717) is 0 Å². The van der Waals surface area contributed by atoms with Crippen LogP contribution in [-0.2, 0) is 0 Å². The highest BCUT2D eigenvalue weighted by Crippen LogP contribution is 2.21. The number of nitrogens with zero attached hydrogens (tertiary/aromatic N) is 1. The molecule has 1 aliphatic rings. The summed E-state index contributed by atoms with van der Waals surface area (Å²) in [5.74, 6) is 1.13. The van der Waals surface area contributed by atoms with Crippen LogP contribution in [-0.4, -0.2) is 42.6 Å². The Balaban J connectivity index is 2.07. The van der Waals surface area contributed by atoms with Gasteiger partial charge in [0.1, 0.15) is 0 Å². The Bertz CT molecular complexity index is 97.5. The highest BCUT2D eigenvalue weighted by Gasteiger charge is 2.15. The zero-order valence-corrected chi connectivity index (χ0v) is 8.07. The first-order valence-electron chi connectivity index (χ1n) is 4.33. The zero-order valence-electron chi connectivity index (χ0n) is 7.25. The molecule has 0 radical (unpaired) electrons. The molecule has 0 bridgehead atoms. The smallest absolute Gasteiger partial charge is 0.00718 e. The molecule has 66 valence electrons. The molecule has 0 aromatic rings. The van der Waals surface area contributed by atoms with Crippen LogP contribution < -0.4 is 5.73 Å². The van der Waals surface area contributed by atoms with Gasteiger partial charge in [0.15, 0.2) is 0 Å². The third-order valence-electron chi connectivity index (χ3n) is 2.14. The molecule has 1 fully saturated rings. The van der Waals surface area contributed by atoms with Crippen LogP contribution in [0.25, 0.3) is 0 Å². The van der Waals surface area contributed by atoms with E-state index in [2.05, 4.69) is 11.9 Å². The van der Waals surface area contributed by atoms with Gasteiger partial charge in [0.05, 0.1) is 0 Å². The van der Waals surface area contributed by atoms with Crippen molar-refractivity contribution in [2.45, 2.75) is 18.1 Å². The Hall–Kier alpha value is 0.270. The topological polar surface area (TPSA) is 29.3 Å². The molecule has 0 unspecified atom stereocenters. The SMILES string of the molecule is CN1CCC(SCCN)CC1. The van der Waals surface area contributed by atoms with Crippen molar-refractivity contribution in [2.24, 2.45) is 5.73 Å². The molecule has 11 heavy (non-hydrogen) atoms. The van der Waals surface area contributed by atoms with Crippen LogP contribution in [0.2, 0.25) is 0 Å². The number of nitrogens with two attached hydrogens (primary N) is 1. The lowest BCUT2D eigenvalue weighted by Crippen LogP contribution is -2.31. The number of rotatable bonds is 3. The summed E-state index contributed by atoms with van der Waals surface area (Å²) < 4.78 is 0. The molecule has 0 aliphatic carbocycles. The first kappa shape index (κ1) is 9.36. The van der Waals surface area contributed by atoms with Crippen LogP contribution in [0, 0.1) is 0 Å². The molecule has 1 saturated heterocycles. The third kappa shape index (κ3) is 3.45. The van der Waals surface area contributed by atoms with Crippen LogP contribution in [0.5, 0.6) is 0 Å². The Morgan fingerprint density at radius 3 is 2.64 bits per heavy atom. The van der Waals surface area contributed by atoms with Crippen molar-refractivity contribution in [1.29, 1.82) is 0 Å². The van der Waals surface area contributed by atoms with Crippen molar-refractivity contribution in [3.05, 3.63) is 0 Å². The summed E-state index contributed by atoms with van der Waals surface area (Å²) in [6.45, 7) is 3.36. The monoisotopic (exact) mass is 174 g/mol. The second kappa shape index (κ2) is 5.01. The van der Waals surface area contributed by atoms with Crippen molar-refractivity contribution in [3.63, 3.8) is 0 Å². The van der Waals surface area contributed by atoms with E-state index in [4.69, 9.17) is 5.73 Å². The first-order valence-corrected chi connectivity index (χ1v) is 5.38. The average molecular weight is 174 g/mol. The molecule has 1 rings (SSSR count). The minimum atomic E-state index is 0.830. The Labute approximate surface area is 73.5 Å². The summed E-state index contributed by atoms with van der Waals surface area (Å²) in [5, 5.41) is 0.884. The lowest BCUT2D eigenvalue weighted by Gasteiger charge is -2.28. The summed E-state index contributed by atoms with van der Waals surface area (Å²) in [6, 6.07) is 0. The predicted molar refractivity (Wildman–Crippen MR) is 52.0 cm³/mol. The number of piperidine rings is 1. The van der Waals surface area contributed by atoms with Gasteiger partial charge in [-0.2, -0.15) is 11.8 Å². The molecule has 0 spiro atoms. The maximum absolute atomic E-state index is 5.44. The van der Waals surface area contributed by atoms with Crippen LogP contribution >= 0.6 is 11.8 Å². The molecular weight excluding hydrogens is 156 g/mol. The quantitative estimate of drug-likeness (QED) is 0.685. The van der Waals surface area contributed by atoms with Gasteiger partial charge < -0.3 is 10.6 Å². The van der Waals surface area contributed by atoms with E-state index in [-0.39, 0.29) is 0 Å². The van der Waals surface area contributed by atoms with Gasteiger partial charge in [-0.25, -0.2) is 0 Å². The highest BCUT2D eigenvalue weighted by atomic mass is 32.2. The fraction of sp³-hybridized carbons (Fsp3) is 1.00. The van der Waals surface area contributed by atoms with Crippen LogP contribution in [0.1, 0.15) is 12.8 Å². The van der Waals surface area contributed by atoms with Gasteiger partial charge >= 0.3 is 0 Å². The van der Waals surface area contributed by atoms with Gasteiger partial charge in [-0.1, -0.05) is 0 Å². The highest BCUT2D eigenvalue weighted by molar-refractivity contribution is 7.99. The van der Waals surface area contributed by atoms with E-state index < -0.39 is 0 Å². The van der Waals surface area contributed by atoms with Crippen molar-refractivity contribution >= 4 is 11.8 Å². The number of hydrogen-bond donors (Lipinski definition) is 1. The standard InChI is InChI=1S/C8H18N2S/c1-10-5-2-8(3-6-10)11-7-4-9/h8H,2-7,9H2,1H3. The molecule has 3 heteroatoms. The Morgan fingerprint density at radius 2 is 2.09 bits per heavy atom. The normalized spacial score (nSPS) is 22.4. The number of hydrogen-bond acceptors (Lipinski definition) is 3. The number of thioether (sulfide) groups is 1. The molecular formula is C8H18N2S. The van der Waals surface area contributed by atoms with Gasteiger partial charge in [-0.3, -0.25) is 0 Å². The largest absolute Gasteiger partial charge is 0.330 e. The van der Waals surface area contributed by atoms with Crippen molar-refractivity contribution in [3.8, 4) is 0 Å². The first-order chi connectivity index (χ1) is 5.33. The fourth-order valence-corrected chi connectivity index (χ4v) is 2.40. The van der Waals surface area contributed by atoms with Crippen LogP contribution in [0.15, 0.2) is 0 Å². The van der Waals surface area contributed by atoms with Crippen LogP contribution in [0.4, 0.5) is 0 Å². The second-order valence-electron chi connectivity index (χ2n) is 3.16. The minimum Gasteiger partial charge on any atom is -0.330 e. The van der Waals surface area contributed by atoms with E-state index in [0.717, 1.165) is 17.5 Å². The molecule has 1 heterocycles. The van der Waals surface area contributed by atoms with Crippen molar-refractivity contribution in [1.82, 2.24) is 4.90 Å². The van der Waals surface area contributed by atoms with Gasteiger partial charge in [0.25, 0.3) is 0 Å². The number of likely N-dealkylation sites (tertiary alicyclic amines) is 1. The lowest BCUT2D eigenvalue weighted by atomic mass is 10.1. The van der Waals surface area contributed by atoms with Gasteiger partial charge in [-0.15, -0.1) is 0 Å². The average Bonchev–Trinajstić information content (AvgIpc) is 2.04. The third-order valence-corrected chi connectivity index (χ3v) is 3.55. The molecule has 0 aromatic carbocycles. The fourth-order valence-electron chi connectivity index (χ4n) is 1.39. The van der Waals surface area contributed by atoms with Crippen molar-refractivity contribution < 1.29 is 0 Å². The molecule has 1 aliphatic heterocycles. The van der Waals surface area contributed by atoms with E-state index >= 15 is 0 Å². The van der Waals surface area contributed by atoms with Gasteiger partial charge in [0.2, 0.25) is 0 Å². The molecule has 2 nitrogen and oxygen atoms in total. The predicted octanol–water partition coefficient (Wildman–Crippen LogP) is 0.773. The summed E-state index contributed by atoms with van der Waals surface area (Å²) in [5.41, 5.74) is 5.44. The summed E-state index contributed by atoms with van der Waals surface area (Å²) >= 11 is 2.05. The molecule has 2 N–H and O–H groups in total. The van der Waals surface area contributed by atoms with Gasteiger partial charge in [0, 0.05) is 17.5 Å². The Kier molecular flexibility index (Phi) is 4.26. The zero-order chi connectivity index (χ0) is 8.10.